The summed E-state index contributed by atoms with van der Waals surface area (Å²) in [5.41, 5.74) is 2.95. The standard InChI is InChI=1S/C36H60N.BrH/c1-3-5-7-9-11-13-15-17-19-27-33-37(35-29-23-21-24-30-35,36-31-25-22-26-32-36)34-28-20-18-16-14-12-10-8-6-4-2;/h21-26,29-32H,3-20,27-28,33-34H2,1-2H3;1H/q+1;/p-1. The molecule has 0 saturated carbocycles. The molecule has 0 aliphatic rings. The van der Waals surface area contributed by atoms with Crippen LogP contribution in [-0.2, 0) is 0 Å². The minimum atomic E-state index is 0. The highest BCUT2D eigenvalue weighted by atomic mass is 79.9. The number of rotatable bonds is 24. The van der Waals surface area contributed by atoms with E-state index in [0.29, 0.717) is 0 Å². The van der Waals surface area contributed by atoms with Crippen molar-refractivity contribution in [2.45, 2.75) is 142 Å². The van der Waals surface area contributed by atoms with Crippen molar-refractivity contribution in [1.82, 2.24) is 4.48 Å². The van der Waals surface area contributed by atoms with Crippen molar-refractivity contribution in [3.8, 4) is 0 Å². The van der Waals surface area contributed by atoms with Gasteiger partial charge in [-0.1, -0.05) is 153 Å². The average molecular weight is 587 g/mol. The van der Waals surface area contributed by atoms with Gasteiger partial charge in [0, 0.05) is 0 Å². The molecule has 0 aliphatic carbocycles. The summed E-state index contributed by atoms with van der Waals surface area (Å²) in [6.45, 7) is 7.06. The van der Waals surface area contributed by atoms with Gasteiger partial charge in [-0.15, -0.1) is 0 Å². The Kier molecular flexibility index (Phi) is 21.8. The lowest BCUT2D eigenvalue weighted by Gasteiger charge is -2.38. The Morgan fingerprint density at radius 3 is 0.921 bits per heavy atom. The Labute approximate surface area is 248 Å². The third-order valence-corrected chi connectivity index (χ3v) is 8.29. The van der Waals surface area contributed by atoms with E-state index in [4.69, 9.17) is 0 Å². The minimum absolute atomic E-state index is 0. The SMILES string of the molecule is CCCCCCCCCCCC[N+](CCCCCCCCCCCC)(c1ccccc1)c1ccccc1.[Br-]. The van der Waals surface area contributed by atoms with Crippen LogP contribution in [-0.4, -0.2) is 13.1 Å². The minimum Gasteiger partial charge on any atom is -1.00 e. The van der Waals surface area contributed by atoms with Crippen LogP contribution in [0.4, 0.5) is 11.4 Å². The third kappa shape index (κ3) is 14.3. The van der Waals surface area contributed by atoms with Gasteiger partial charge in [-0.2, -0.15) is 0 Å². The Morgan fingerprint density at radius 2 is 0.632 bits per heavy atom. The predicted octanol–water partition coefficient (Wildman–Crippen LogP) is 9.17. The number of benzene rings is 2. The third-order valence-electron chi connectivity index (χ3n) is 8.29. The van der Waals surface area contributed by atoms with E-state index in [9.17, 15) is 0 Å². The first-order valence-corrected chi connectivity index (χ1v) is 16.3. The van der Waals surface area contributed by atoms with E-state index in [2.05, 4.69) is 74.5 Å². The summed E-state index contributed by atoms with van der Waals surface area (Å²) in [7, 11) is 0. The number of halogens is 1. The van der Waals surface area contributed by atoms with Crippen LogP contribution in [0.5, 0.6) is 0 Å². The fraction of sp³-hybridized carbons (Fsp3) is 0.667. The van der Waals surface area contributed by atoms with Gasteiger partial charge in [0.05, 0.1) is 13.1 Å². The molecule has 0 aromatic heterocycles. The highest BCUT2D eigenvalue weighted by Gasteiger charge is 2.32. The number of para-hydroxylation sites is 2. The van der Waals surface area contributed by atoms with E-state index in [1.807, 2.05) is 0 Å². The molecule has 2 aromatic rings. The van der Waals surface area contributed by atoms with Gasteiger partial charge < -0.3 is 17.0 Å². The lowest BCUT2D eigenvalue weighted by molar-refractivity contribution is -0.00000789. The molecule has 0 N–H and O–H groups in total. The maximum absolute atomic E-state index is 2.37. The van der Waals surface area contributed by atoms with Gasteiger partial charge in [0.2, 0.25) is 0 Å². The van der Waals surface area contributed by atoms with E-state index < -0.39 is 0 Å². The van der Waals surface area contributed by atoms with E-state index in [0.717, 1.165) is 4.48 Å². The van der Waals surface area contributed by atoms with Crippen molar-refractivity contribution in [3.05, 3.63) is 60.7 Å². The van der Waals surface area contributed by atoms with Gasteiger partial charge in [0.1, 0.15) is 11.4 Å². The first-order chi connectivity index (χ1) is 18.3. The highest BCUT2D eigenvalue weighted by Crippen LogP contribution is 2.36. The molecule has 2 heteroatoms. The Hall–Kier alpha value is -1.12. The maximum atomic E-state index is 2.37. The smallest absolute Gasteiger partial charge is 0.137 e. The lowest BCUT2D eigenvalue weighted by atomic mass is 10.0. The van der Waals surface area contributed by atoms with Crippen molar-refractivity contribution in [1.29, 1.82) is 0 Å². The summed E-state index contributed by atoms with van der Waals surface area (Å²) in [5, 5.41) is 0. The van der Waals surface area contributed by atoms with E-state index >= 15 is 0 Å². The molecule has 38 heavy (non-hydrogen) atoms. The summed E-state index contributed by atoms with van der Waals surface area (Å²) >= 11 is 0. The second-order valence-corrected chi connectivity index (χ2v) is 11.5. The molecule has 2 aromatic carbocycles. The van der Waals surface area contributed by atoms with Crippen LogP contribution in [0.3, 0.4) is 0 Å². The molecule has 0 aliphatic heterocycles. The molecule has 0 atom stereocenters. The Balaban J connectivity index is 0.00000722. The van der Waals surface area contributed by atoms with E-state index in [1.54, 1.807) is 0 Å². The average Bonchev–Trinajstić information content (AvgIpc) is 2.95. The number of quaternary nitrogens is 1. The van der Waals surface area contributed by atoms with E-state index in [-0.39, 0.29) is 17.0 Å². The van der Waals surface area contributed by atoms with Gasteiger partial charge in [-0.05, 0) is 49.9 Å². The second kappa shape index (κ2) is 23.7. The molecule has 0 fully saturated rings. The van der Waals surface area contributed by atoms with Gasteiger partial charge in [-0.3, -0.25) is 4.48 Å². The largest absolute Gasteiger partial charge is 1.00 e. The Bertz CT molecular complexity index is 679. The van der Waals surface area contributed by atoms with Crippen molar-refractivity contribution in [2.24, 2.45) is 0 Å². The molecule has 0 heterocycles. The highest BCUT2D eigenvalue weighted by molar-refractivity contribution is 5.58. The molecule has 0 saturated heterocycles. The van der Waals surface area contributed by atoms with Crippen LogP contribution in [0.25, 0.3) is 0 Å². The Morgan fingerprint density at radius 1 is 0.368 bits per heavy atom. The molecule has 1 nitrogen and oxygen atoms in total. The van der Waals surface area contributed by atoms with E-state index in [1.165, 1.54) is 153 Å². The fourth-order valence-corrected chi connectivity index (χ4v) is 5.94. The van der Waals surface area contributed by atoms with Crippen LogP contribution < -0.4 is 21.5 Å². The summed E-state index contributed by atoms with van der Waals surface area (Å²) < 4.78 is 1.02. The predicted molar refractivity (Wildman–Crippen MR) is 168 cm³/mol. The van der Waals surface area contributed by atoms with Gasteiger partial charge in [0.25, 0.3) is 0 Å². The molecule has 0 radical (unpaired) electrons. The monoisotopic (exact) mass is 585 g/mol. The molecule has 0 unspecified atom stereocenters. The van der Waals surface area contributed by atoms with Crippen molar-refractivity contribution >= 4 is 11.4 Å². The number of hydrogen-bond donors (Lipinski definition) is 0. The zero-order valence-electron chi connectivity index (χ0n) is 25.2. The van der Waals surface area contributed by atoms with Crippen LogP contribution in [0.1, 0.15) is 142 Å². The van der Waals surface area contributed by atoms with Crippen molar-refractivity contribution in [2.75, 3.05) is 13.1 Å². The van der Waals surface area contributed by atoms with Crippen LogP contribution >= 0.6 is 0 Å². The van der Waals surface area contributed by atoms with Crippen molar-refractivity contribution < 1.29 is 17.0 Å². The molecular weight excluding hydrogens is 526 g/mol. The molecular formula is C36H60BrN. The molecule has 216 valence electrons. The summed E-state index contributed by atoms with van der Waals surface area (Å²) in [6, 6.07) is 22.8. The molecule has 0 bridgehead atoms. The normalized spacial score (nSPS) is 11.4. The fourth-order valence-electron chi connectivity index (χ4n) is 5.94. The lowest BCUT2D eigenvalue weighted by Crippen LogP contribution is -3.00. The summed E-state index contributed by atoms with van der Waals surface area (Å²) in [4.78, 5) is 0. The zero-order chi connectivity index (χ0) is 26.3. The van der Waals surface area contributed by atoms with Crippen LogP contribution in [0.15, 0.2) is 60.7 Å². The van der Waals surface area contributed by atoms with Crippen LogP contribution in [0.2, 0.25) is 0 Å². The molecule has 0 spiro atoms. The molecule has 0 amide bonds. The topological polar surface area (TPSA) is 0 Å². The first kappa shape index (κ1) is 34.9. The van der Waals surface area contributed by atoms with Crippen LogP contribution in [0, 0.1) is 0 Å². The maximum Gasteiger partial charge on any atom is 0.137 e. The number of unbranched alkanes of at least 4 members (excludes halogenated alkanes) is 18. The zero-order valence-corrected chi connectivity index (χ0v) is 26.7. The summed E-state index contributed by atoms with van der Waals surface area (Å²) in [6.07, 6.45) is 28.0. The second-order valence-electron chi connectivity index (χ2n) is 11.5. The quantitative estimate of drug-likeness (QED) is 0.0850. The number of nitrogens with zero attached hydrogens (tertiary/aromatic N) is 1. The molecule has 2 rings (SSSR count). The van der Waals surface area contributed by atoms with Gasteiger partial charge in [0.15, 0.2) is 0 Å². The van der Waals surface area contributed by atoms with Gasteiger partial charge >= 0.3 is 0 Å². The summed E-state index contributed by atoms with van der Waals surface area (Å²) in [5.74, 6) is 0. The first-order valence-electron chi connectivity index (χ1n) is 16.3. The van der Waals surface area contributed by atoms with Crippen molar-refractivity contribution in [3.63, 3.8) is 0 Å². The van der Waals surface area contributed by atoms with Gasteiger partial charge in [-0.25, -0.2) is 0 Å². The number of hydrogen-bond acceptors (Lipinski definition) is 0.